The Labute approximate surface area is 155 Å². The van der Waals surface area contributed by atoms with E-state index in [2.05, 4.69) is 29.0 Å². The summed E-state index contributed by atoms with van der Waals surface area (Å²) in [5.74, 6) is -0.191. The van der Waals surface area contributed by atoms with Crippen LogP contribution < -0.4 is 5.32 Å². The van der Waals surface area contributed by atoms with Crippen LogP contribution in [0.4, 0.5) is 0 Å². The minimum atomic E-state index is -0.414. The van der Waals surface area contributed by atoms with Gasteiger partial charge in [-0.3, -0.25) is 9.69 Å². The molecule has 1 aromatic heterocycles. The first-order chi connectivity index (χ1) is 12.4. The first kappa shape index (κ1) is 20.5. The summed E-state index contributed by atoms with van der Waals surface area (Å²) in [6, 6.07) is 0.254. The van der Waals surface area contributed by atoms with Gasteiger partial charge < -0.3 is 19.8 Å². The fourth-order valence-corrected chi connectivity index (χ4v) is 3.51. The summed E-state index contributed by atoms with van der Waals surface area (Å²) in [7, 11) is 1.35. The van der Waals surface area contributed by atoms with Crippen LogP contribution in [0.5, 0.6) is 0 Å². The molecule has 1 unspecified atom stereocenters. The van der Waals surface area contributed by atoms with Gasteiger partial charge in [0.15, 0.2) is 0 Å². The first-order valence-electron chi connectivity index (χ1n) is 9.30. The number of nitrogens with zero attached hydrogens (tertiary/aromatic N) is 1. The summed E-state index contributed by atoms with van der Waals surface area (Å²) in [4.78, 5) is 30.2. The average molecular weight is 365 g/mol. The Morgan fingerprint density at radius 3 is 2.50 bits per heavy atom. The average Bonchev–Trinajstić information content (AvgIpc) is 2.98. The van der Waals surface area contributed by atoms with Crippen molar-refractivity contribution in [2.24, 2.45) is 5.92 Å². The number of rotatable bonds is 7. The van der Waals surface area contributed by atoms with Crippen molar-refractivity contribution >= 4 is 11.9 Å². The highest BCUT2D eigenvalue weighted by atomic mass is 16.5. The highest BCUT2D eigenvalue weighted by Gasteiger charge is 2.27. The van der Waals surface area contributed by atoms with Gasteiger partial charge in [-0.05, 0) is 24.8 Å². The number of aromatic amines is 1. The maximum atomic E-state index is 12.7. The first-order valence-corrected chi connectivity index (χ1v) is 9.30. The normalized spacial score (nSPS) is 16.5. The van der Waals surface area contributed by atoms with Crippen molar-refractivity contribution in [3.63, 3.8) is 0 Å². The highest BCUT2D eigenvalue weighted by Crippen LogP contribution is 2.20. The van der Waals surface area contributed by atoms with Crippen LogP contribution in [0.25, 0.3) is 0 Å². The van der Waals surface area contributed by atoms with Crippen molar-refractivity contribution in [3.8, 4) is 0 Å². The molecule has 26 heavy (non-hydrogen) atoms. The molecule has 1 aliphatic rings. The van der Waals surface area contributed by atoms with Crippen molar-refractivity contribution in [1.29, 1.82) is 0 Å². The van der Waals surface area contributed by atoms with E-state index < -0.39 is 5.97 Å². The van der Waals surface area contributed by atoms with E-state index in [-0.39, 0.29) is 11.9 Å². The molecule has 0 radical (unpaired) electrons. The van der Waals surface area contributed by atoms with Crippen LogP contribution in [-0.4, -0.2) is 67.8 Å². The van der Waals surface area contributed by atoms with Crippen LogP contribution in [0.2, 0.25) is 0 Å². The quantitative estimate of drug-likeness (QED) is 0.720. The molecule has 0 bridgehead atoms. The van der Waals surface area contributed by atoms with Crippen LogP contribution in [-0.2, 0) is 15.9 Å². The molecule has 7 heteroatoms. The lowest BCUT2D eigenvalue weighted by molar-refractivity contribution is 0.00671. The highest BCUT2D eigenvalue weighted by molar-refractivity contribution is 6.00. The lowest BCUT2D eigenvalue weighted by atomic mass is 10.0. The number of ether oxygens (including phenoxy) is 2. The minimum absolute atomic E-state index is 0.189. The molecule has 146 valence electrons. The number of aromatic nitrogens is 1. The number of carbonyl (C=O) groups is 2. The fraction of sp³-hybridized carbons (Fsp3) is 0.684. The number of aryl methyl sites for hydroxylation is 1. The Bertz CT molecular complexity index is 633. The Morgan fingerprint density at radius 2 is 1.96 bits per heavy atom. The van der Waals surface area contributed by atoms with Gasteiger partial charge in [-0.15, -0.1) is 0 Å². The number of H-pyrrole nitrogens is 1. The van der Waals surface area contributed by atoms with Crippen molar-refractivity contribution in [1.82, 2.24) is 15.2 Å². The number of hydrogen-bond donors (Lipinski definition) is 2. The molecule has 0 saturated carbocycles. The molecule has 1 fully saturated rings. The van der Waals surface area contributed by atoms with E-state index in [0.717, 1.165) is 32.0 Å². The molecule has 0 aliphatic carbocycles. The summed E-state index contributed by atoms with van der Waals surface area (Å²) in [5, 5.41) is 3.04. The Morgan fingerprint density at radius 1 is 1.31 bits per heavy atom. The number of nitrogens with one attached hydrogen (secondary N) is 2. The van der Waals surface area contributed by atoms with Crippen molar-refractivity contribution in [3.05, 3.63) is 22.5 Å². The SMILES string of the molecule is CCc1[nH]c(C(=O)NCC(C(C)C)N2CCOCC2)c(C)c1C(=O)OC. The second-order valence-electron chi connectivity index (χ2n) is 6.99. The van der Waals surface area contributed by atoms with E-state index in [1.807, 2.05) is 6.92 Å². The maximum Gasteiger partial charge on any atom is 0.339 e. The Balaban J connectivity index is 2.11. The largest absolute Gasteiger partial charge is 0.465 e. The molecule has 2 N–H and O–H groups in total. The van der Waals surface area contributed by atoms with E-state index in [9.17, 15) is 9.59 Å². The summed E-state index contributed by atoms with van der Waals surface area (Å²) in [6.07, 6.45) is 0.626. The fourth-order valence-electron chi connectivity index (χ4n) is 3.51. The Hall–Kier alpha value is -1.86. The number of hydrogen-bond acceptors (Lipinski definition) is 5. The van der Waals surface area contributed by atoms with Gasteiger partial charge in [0.2, 0.25) is 0 Å². The van der Waals surface area contributed by atoms with E-state index in [1.165, 1.54) is 7.11 Å². The molecule has 1 aliphatic heterocycles. The van der Waals surface area contributed by atoms with Crippen LogP contribution in [0, 0.1) is 12.8 Å². The van der Waals surface area contributed by atoms with Crippen LogP contribution in [0.15, 0.2) is 0 Å². The molecule has 7 nitrogen and oxygen atoms in total. The van der Waals surface area contributed by atoms with Gasteiger partial charge >= 0.3 is 5.97 Å². The second-order valence-corrected chi connectivity index (χ2v) is 6.99. The van der Waals surface area contributed by atoms with Gasteiger partial charge in [-0.25, -0.2) is 4.79 Å². The van der Waals surface area contributed by atoms with E-state index >= 15 is 0 Å². The Kier molecular flexibility index (Phi) is 7.23. The zero-order valence-corrected chi connectivity index (χ0v) is 16.5. The monoisotopic (exact) mass is 365 g/mol. The van der Waals surface area contributed by atoms with Gasteiger partial charge in [0.25, 0.3) is 5.91 Å². The zero-order chi connectivity index (χ0) is 19.3. The zero-order valence-electron chi connectivity index (χ0n) is 16.5. The third-order valence-corrected chi connectivity index (χ3v) is 5.05. The topological polar surface area (TPSA) is 83.7 Å². The number of esters is 1. The van der Waals surface area contributed by atoms with Crippen LogP contribution in [0.3, 0.4) is 0 Å². The molecule has 2 rings (SSSR count). The van der Waals surface area contributed by atoms with E-state index in [0.29, 0.717) is 35.7 Å². The molecule has 1 saturated heterocycles. The predicted octanol–water partition coefficient (Wildman–Crippen LogP) is 1.76. The maximum absolute atomic E-state index is 12.7. The number of methoxy groups -OCH3 is 1. The van der Waals surface area contributed by atoms with Crippen molar-refractivity contribution < 1.29 is 19.1 Å². The number of carbonyl (C=O) groups excluding carboxylic acids is 2. The van der Waals surface area contributed by atoms with Crippen molar-refractivity contribution in [2.45, 2.75) is 40.2 Å². The summed E-state index contributed by atoms with van der Waals surface area (Å²) in [5.41, 5.74) is 2.27. The molecule has 0 aromatic carbocycles. The predicted molar refractivity (Wildman–Crippen MR) is 99.6 cm³/mol. The third-order valence-electron chi connectivity index (χ3n) is 5.05. The standard InChI is InChI=1S/C19H31N3O4/c1-6-14-16(19(24)25-5)13(4)17(21-14)18(23)20-11-15(12(2)3)22-7-9-26-10-8-22/h12,15,21H,6-11H2,1-5H3,(H,20,23). The van der Waals surface area contributed by atoms with Crippen LogP contribution in [0.1, 0.15) is 52.9 Å². The lowest BCUT2D eigenvalue weighted by Crippen LogP contribution is -2.51. The second kappa shape index (κ2) is 9.19. The van der Waals surface area contributed by atoms with E-state index in [4.69, 9.17) is 9.47 Å². The molecule has 2 heterocycles. The molecular formula is C19H31N3O4. The number of morpholine rings is 1. The molecule has 1 amide bonds. The van der Waals surface area contributed by atoms with Crippen molar-refractivity contribution in [2.75, 3.05) is 40.0 Å². The van der Waals surface area contributed by atoms with E-state index in [1.54, 1.807) is 6.92 Å². The van der Waals surface area contributed by atoms with Crippen LogP contribution >= 0.6 is 0 Å². The van der Waals surface area contributed by atoms with Gasteiger partial charge in [-0.2, -0.15) is 0 Å². The van der Waals surface area contributed by atoms with Gasteiger partial charge in [0.1, 0.15) is 5.69 Å². The van der Waals surface area contributed by atoms with Gasteiger partial charge in [0, 0.05) is 31.4 Å². The molecular weight excluding hydrogens is 334 g/mol. The third kappa shape index (κ3) is 4.45. The summed E-state index contributed by atoms with van der Waals surface area (Å²) in [6.45, 7) is 11.8. The molecule has 0 spiro atoms. The summed E-state index contributed by atoms with van der Waals surface area (Å²) < 4.78 is 10.3. The van der Waals surface area contributed by atoms with Gasteiger partial charge in [0.05, 0.1) is 25.9 Å². The minimum Gasteiger partial charge on any atom is -0.465 e. The molecule has 1 atom stereocenters. The summed E-state index contributed by atoms with van der Waals surface area (Å²) >= 11 is 0. The molecule has 1 aromatic rings. The lowest BCUT2D eigenvalue weighted by Gasteiger charge is -2.36. The number of amides is 1. The van der Waals surface area contributed by atoms with Gasteiger partial charge in [-0.1, -0.05) is 20.8 Å². The smallest absolute Gasteiger partial charge is 0.339 e.